The van der Waals surface area contributed by atoms with E-state index in [1.54, 1.807) is 11.8 Å². The molecular weight excluding hydrogens is 417 g/mol. The van der Waals surface area contributed by atoms with Crippen LogP contribution in [0.25, 0.3) is 0 Å². The third kappa shape index (κ3) is 4.72. The quantitative estimate of drug-likeness (QED) is 0.543. The lowest BCUT2D eigenvalue weighted by molar-refractivity contribution is 0.629. The van der Waals surface area contributed by atoms with Crippen LogP contribution in [0.2, 0.25) is 5.02 Å². The zero-order chi connectivity index (χ0) is 15.4. The molecule has 2 N–H and O–H groups in total. The first kappa shape index (κ1) is 16.8. The molecule has 0 aliphatic rings. The number of thioether (sulfide) groups is 1. The van der Waals surface area contributed by atoms with Gasteiger partial charge in [-0.15, -0.1) is 11.8 Å². The summed E-state index contributed by atoms with van der Waals surface area (Å²) >= 11 is 10.0. The van der Waals surface area contributed by atoms with Crippen molar-refractivity contribution in [3.63, 3.8) is 0 Å². The highest BCUT2D eigenvalue weighted by atomic mass is 127. The van der Waals surface area contributed by atoms with Gasteiger partial charge < -0.3 is 5.73 Å². The first-order chi connectivity index (χ1) is 9.97. The topological polar surface area (TPSA) is 51.8 Å². The second kappa shape index (κ2) is 7.65. The van der Waals surface area contributed by atoms with Gasteiger partial charge in [0.1, 0.15) is 11.6 Å². The van der Waals surface area contributed by atoms with Gasteiger partial charge in [0.2, 0.25) is 0 Å². The normalized spacial score (nSPS) is 11.1. The summed E-state index contributed by atoms with van der Waals surface area (Å²) in [6, 6.07) is 7.78. The number of hydrogen-bond donors (Lipinski definition) is 1. The summed E-state index contributed by atoms with van der Waals surface area (Å²) in [5.74, 6) is 2.53. The van der Waals surface area contributed by atoms with Crippen LogP contribution in [-0.4, -0.2) is 9.97 Å². The van der Waals surface area contributed by atoms with E-state index in [1.807, 2.05) is 24.3 Å². The highest BCUT2D eigenvalue weighted by Crippen LogP contribution is 2.29. The fraction of sp³-hybridized carbons (Fsp3) is 0.333. The monoisotopic (exact) mass is 433 g/mol. The number of nitrogen functional groups attached to an aromatic ring is 1. The minimum atomic E-state index is 0.539. The minimum absolute atomic E-state index is 0.539. The van der Waals surface area contributed by atoms with Crippen LogP contribution < -0.4 is 5.73 Å². The van der Waals surface area contributed by atoms with Gasteiger partial charge >= 0.3 is 0 Å². The molecule has 0 spiro atoms. The van der Waals surface area contributed by atoms with Crippen LogP contribution in [0.15, 0.2) is 29.2 Å². The SMILES string of the molecule is CC(C)Cc1nc(CSc2ccccc2Cl)nc(N)c1I. The van der Waals surface area contributed by atoms with E-state index in [-0.39, 0.29) is 0 Å². The molecule has 0 aliphatic carbocycles. The van der Waals surface area contributed by atoms with Crippen molar-refractivity contribution in [1.29, 1.82) is 0 Å². The van der Waals surface area contributed by atoms with Gasteiger partial charge in [0.25, 0.3) is 0 Å². The van der Waals surface area contributed by atoms with E-state index in [1.165, 1.54) is 0 Å². The summed E-state index contributed by atoms with van der Waals surface area (Å²) in [6.45, 7) is 4.35. The Kier molecular flexibility index (Phi) is 6.13. The van der Waals surface area contributed by atoms with Crippen LogP contribution in [0, 0.1) is 9.49 Å². The zero-order valence-electron chi connectivity index (χ0n) is 11.9. The van der Waals surface area contributed by atoms with Crippen molar-refractivity contribution < 1.29 is 0 Å². The number of anilines is 1. The van der Waals surface area contributed by atoms with E-state index in [9.17, 15) is 0 Å². The van der Waals surface area contributed by atoms with Crippen LogP contribution in [0.4, 0.5) is 5.82 Å². The van der Waals surface area contributed by atoms with Crippen LogP contribution in [0.5, 0.6) is 0 Å². The molecule has 21 heavy (non-hydrogen) atoms. The van der Waals surface area contributed by atoms with Gasteiger partial charge in [0.15, 0.2) is 0 Å². The third-order valence-corrected chi connectivity index (χ3v) is 5.47. The summed E-state index contributed by atoms with van der Waals surface area (Å²) in [5, 5.41) is 0.753. The first-order valence-electron chi connectivity index (χ1n) is 6.65. The maximum absolute atomic E-state index is 6.16. The number of nitrogens with zero attached hydrogens (tertiary/aromatic N) is 2. The molecule has 0 aliphatic heterocycles. The maximum Gasteiger partial charge on any atom is 0.141 e. The summed E-state index contributed by atoms with van der Waals surface area (Å²) in [7, 11) is 0. The van der Waals surface area contributed by atoms with Crippen molar-refractivity contribution >= 4 is 51.8 Å². The molecule has 1 aromatic carbocycles. The van der Waals surface area contributed by atoms with Crippen molar-refractivity contribution in [2.45, 2.75) is 30.9 Å². The van der Waals surface area contributed by atoms with E-state index in [0.29, 0.717) is 17.5 Å². The molecule has 2 aromatic rings. The average Bonchev–Trinajstić information content (AvgIpc) is 2.42. The van der Waals surface area contributed by atoms with Gasteiger partial charge in [-0.2, -0.15) is 0 Å². The van der Waals surface area contributed by atoms with Crippen LogP contribution in [-0.2, 0) is 12.2 Å². The molecule has 112 valence electrons. The van der Waals surface area contributed by atoms with Gasteiger partial charge in [-0.05, 0) is 47.1 Å². The van der Waals surface area contributed by atoms with Crippen molar-refractivity contribution in [3.05, 3.63) is 44.4 Å². The Balaban J connectivity index is 2.17. The Hall–Kier alpha value is -0.530. The molecule has 1 heterocycles. The first-order valence-corrected chi connectivity index (χ1v) is 9.09. The van der Waals surface area contributed by atoms with Gasteiger partial charge in [-0.25, -0.2) is 9.97 Å². The lowest BCUT2D eigenvalue weighted by Gasteiger charge is -2.11. The Labute approximate surface area is 148 Å². The lowest BCUT2D eigenvalue weighted by atomic mass is 10.1. The van der Waals surface area contributed by atoms with Gasteiger partial charge in [-0.1, -0.05) is 37.6 Å². The van der Waals surface area contributed by atoms with E-state index >= 15 is 0 Å². The molecule has 6 heteroatoms. The average molecular weight is 434 g/mol. The van der Waals surface area contributed by atoms with Crippen LogP contribution >= 0.6 is 46.0 Å². The molecule has 0 amide bonds. The molecule has 0 bridgehead atoms. The van der Waals surface area contributed by atoms with Gasteiger partial charge in [-0.3, -0.25) is 0 Å². The van der Waals surface area contributed by atoms with Gasteiger partial charge in [0.05, 0.1) is 20.0 Å². The van der Waals surface area contributed by atoms with E-state index in [2.05, 4.69) is 46.4 Å². The van der Waals surface area contributed by atoms with Crippen molar-refractivity contribution in [1.82, 2.24) is 9.97 Å². The summed E-state index contributed by atoms with van der Waals surface area (Å²) < 4.78 is 0.966. The summed E-state index contributed by atoms with van der Waals surface area (Å²) in [4.78, 5) is 10.1. The molecule has 0 saturated heterocycles. The highest BCUT2D eigenvalue weighted by molar-refractivity contribution is 14.1. The predicted molar refractivity (Wildman–Crippen MR) is 98.7 cm³/mol. The second-order valence-electron chi connectivity index (χ2n) is 5.10. The molecule has 1 aromatic heterocycles. The summed E-state index contributed by atoms with van der Waals surface area (Å²) in [6.07, 6.45) is 0.911. The fourth-order valence-corrected chi connectivity index (χ4v) is 3.41. The van der Waals surface area contributed by atoms with E-state index < -0.39 is 0 Å². The third-order valence-electron chi connectivity index (χ3n) is 2.79. The number of hydrogen-bond acceptors (Lipinski definition) is 4. The van der Waals surface area contributed by atoms with Crippen molar-refractivity contribution in [2.75, 3.05) is 5.73 Å². The number of nitrogens with two attached hydrogens (primary N) is 1. The van der Waals surface area contributed by atoms with Gasteiger partial charge in [0, 0.05) is 4.90 Å². The minimum Gasteiger partial charge on any atom is -0.383 e. The largest absolute Gasteiger partial charge is 0.383 e. The Morgan fingerprint density at radius 3 is 2.67 bits per heavy atom. The Morgan fingerprint density at radius 2 is 2.00 bits per heavy atom. The van der Waals surface area contributed by atoms with Crippen LogP contribution in [0.1, 0.15) is 25.4 Å². The lowest BCUT2D eigenvalue weighted by Crippen LogP contribution is -2.09. The van der Waals surface area contributed by atoms with Crippen molar-refractivity contribution in [2.24, 2.45) is 5.92 Å². The fourth-order valence-electron chi connectivity index (χ4n) is 1.86. The highest BCUT2D eigenvalue weighted by Gasteiger charge is 2.12. The van der Waals surface area contributed by atoms with Crippen molar-refractivity contribution in [3.8, 4) is 0 Å². The standard InChI is InChI=1S/C15H17ClIN3S/c1-9(2)7-11-14(17)15(18)20-13(19-11)8-21-12-6-4-3-5-10(12)16/h3-6,9H,7-8H2,1-2H3,(H2,18,19,20). The smallest absolute Gasteiger partial charge is 0.141 e. The molecule has 3 nitrogen and oxygen atoms in total. The molecule has 0 fully saturated rings. The van der Waals surface area contributed by atoms with E-state index in [0.717, 1.165) is 31.4 Å². The van der Waals surface area contributed by atoms with Crippen LogP contribution in [0.3, 0.4) is 0 Å². The second-order valence-corrected chi connectivity index (χ2v) is 7.61. The molecule has 0 atom stereocenters. The number of aromatic nitrogens is 2. The molecule has 2 rings (SSSR count). The Bertz CT molecular complexity index is 634. The number of rotatable bonds is 5. The molecule has 0 unspecified atom stereocenters. The number of benzene rings is 1. The maximum atomic E-state index is 6.16. The molecular formula is C15H17ClIN3S. The number of halogens is 2. The molecule has 0 saturated carbocycles. The summed E-state index contributed by atoms with van der Waals surface area (Å²) in [5.41, 5.74) is 7.04. The molecule has 0 radical (unpaired) electrons. The zero-order valence-corrected chi connectivity index (χ0v) is 15.7. The predicted octanol–water partition coefficient (Wildman–Crippen LogP) is 4.81. The van der Waals surface area contributed by atoms with E-state index in [4.69, 9.17) is 17.3 Å². The Morgan fingerprint density at radius 1 is 1.29 bits per heavy atom.